The van der Waals surface area contributed by atoms with Crippen LogP contribution < -0.4 is 5.73 Å². The van der Waals surface area contributed by atoms with E-state index in [2.05, 4.69) is 11.8 Å². The Morgan fingerprint density at radius 3 is 2.75 bits per heavy atom. The number of hydrogen-bond donors (Lipinski definition) is 1. The average Bonchev–Trinajstić information content (AvgIpc) is 2.46. The Labute approximate surface area is 126 Å². The zero-order valence-electron chi connectivity index (χ0n) is 12.1. The highest BCUT2D eigenvalue weighted by Crippen LogP contribution is 2.30. The Morgan fingerprint density at radius 2 is 2.10 bits per heavy atom. The molecule has 0 amide bonds. The van der Waals surface area contributed by atoms with E-state index in [0.717, 1.165) is 25.2 Å². The van der Waals surface area contributed by atoms with Crippen LogP contribution in [0.4, 0.5) is 4.39 Å². The molecule has 0 heterocycles. The molecule has 2 nitrogen and oxygen atoms in total. The summed E-state index contributed by atoms with van der Waals surface area (Å²) in [6.07, 6.45) is 4.98. The average molecular weight is 299 g/mol. The van der Waals surface area contributed by atoms with Gasteiger partial charge in [0.2, 0.25) is 0 Å². The van der Waals surface area contributed by atoms with Crippen LogP contribution >= 0.6 is 11.6 Å². The van der Waals surface area contributed by atoms with Crippen LogP contribution in [0.1, 0.15) is 38.2 Å². The van der Waals surface area contributed by atoms with Crippen LogP contribution in [0, 0.1) is 11.7 Å². The molecule has 0 bridgehead atoms. The van der Waals surface area contributed by atoms with E-state index < -0.39 is 0 Å². The normalized spacial score (nSPS) is 23.2. The van der Waals surface area contributed by atoms with E-state index in [0.29, 0.717) is 17.0 Å². The highest BCUT2D eigenvalue weighted by molar-refractivity contribution is 6.31. The minimum absolute atomic E-state index is 0.278. The van der Waals surface area contributed by atoms with Crippen LogP contribution in [0.2, 0.25) is 5.02 Å². The number of nitrogens with two attached hydrogens (primary N) is 1. The standard InChI is InChI=1S/C16H24ClFN2/c1-2-20(16-6-4-3-5-12(16)10-19)11-13-7-8-14(18)9-15(13)17/h7-9,12,16H,2-6,10-11,19H2,1H3. The predicted molar refractivity (Wildman–Crippen MR) is 82.3 cm³/mol. The number of benzene rings is 1. The van der Waals surface area contributed by atoms with Crippen molar-refractivity contribution in [2.75, 3.05) is 13.1 Å². The van der Waals surface area contributed by atoms with Crippen molar-refractivity contribution in [3.8, 4) is 0 Å². The quantitative estimate of drug-likeness (QED) is 0.895. The molecule has 2 rings (SSSR count). The summed E-state index contributed by atoms with van der Waals surface area (Å²) in [6, 6.07) is 5.20. The van der Waals surface area contributed by atoms with Gasteiger partial charge in [-0.3, -0.25) is 4.90 Å². The smallest absolute Gasteiger partial charge is 0.124 e. The van der Waals surface area contributed by atoms with E-state index in [1.165, 1.54) is 37.8 Å². The molecule has 112 valence electrons. The molecule has 2 atom stereocenters. The maximum atomic E-state index is 13.1. The van der Waals surface area contributed by atoms with Gasteiger partial charge < -0.3 is 5.73 Å². The maximum absolute atomic E-state index is 13.1. The zero-order chi connectivity index (χ0) is 14.5. The summed E-state index contributed by atoms with van der Waals surface area (Å²) in [4.78, 5) is 2.44. The van der Waals surface area contributed by atoms with Crippen molar-refractivity contribution in [1.82, 2.24) is 4.90 Å². The molecule has 1 aromatic carbocycles. The number of hydrogen-bond acceptors (Lipinski definition) is 2. The summed E-state index contributed by atoms with van der Waals surface area (Å²) in [5.74, 6) is 0.294. The van der Waals surface area contributed by atoms with Crippen molar-refractivity contribution in [3.05, 3.63) is 34.6 Å². The second-order valence-corrected chi connectivity index (χ2v) is 6.05. The summed E-state index contributed by atoms with van der Waals surface area (Å²) >= 11 is 6.15. The van der Waals surface area contributed by atoms with Crippen LogP contribution in [0.25, 0.3) is 0 Å². The Balaban J connectivity index is 2.11. The van der Waals surface area contributed by atoms with Crippen LogP contribution in [-0.2, 0) is 6.54 Å². The summed E-state index contributed by atoms with van der Waals surface area (Å²) in [7, 11) is 0. The number of rotatable bonds is 5. The van der Waals surface area contributed by atoms with Gasteiger partial charge in [0.15, 0.2) is 0 Å². The Hall–Kier alpha value is -0.640. The summed E-state index contributed by atoms with van der Waals surface area (Å²) in [5, 5.41) is 0.517. The molecule has 1 aromatic rings. The van der Waals surface area contributed by atoms with Gasteiger partial charge in [0.1, 0.15) is 5.82 Å². The molecule has 2 unspecified atom stereocenters. The fourth-order valence-corrected chi connectivity index (χ4v) is 3.50. The van der Waals surface area contributed by atoms with Crippen molar-refractivity contribution in [1.29, 1.82) is 0 Å². The van der Waals surface area contributed by atoms with Gasteiger partial charge in [0, 0.05) is 17.6 Å². The van der Waals surface area contributed by atoms with Gasteiger partial charge in [0.05, 0.1) is 0 Å². The van der Waals surface area contributed by atoms with Crippen molar-refractivity contribution in [2.24, 2.45) is 11.7 Å². The van der Waals surface area contributed by atoms with E-state index in [9.17, 15) is 4.39 Å². The van der Waals surface area contributed by atoms with Crippen molar-refractivity contribution >= 4 is 11.6 Å². The lowest BCUT2D eigenvalue weighted by Gasteiger charge is -2.39. The topological polar surface area (TPSA) is 29.3 Å². The third kappa shape index (κ3) is 3.72. The first-order valence-corrected chi connectivity index (χ1v) is 7.91. The lowest BCUT2D eigenvalue weighted by atomic mass is 9.83. The zero-order valence-corrected chi connectivity index (χ0v) is 12.9. The molecule has 1 saturated carbocycles. The molecule has 1 aliphatic rings. The van der Waals surface area contributed by atoms with Crippen molar-refractivity contribution < 1.29 is 4.39 Å². The number of halogens is 2. The van der Waals surface area contributed by atoms with E-state index >= 15 is 0 Å². The van der Waals surface area contributed by atoms with Gasteiger partial charge in [-0.2, -0.15) is 0 Å². The lowest BCUT2D eigenvalue weighted by molar-refractivity contribution is 0.105. The molecule has 4 heteroatoms. The Bertz CT molecular complexity index is 438. The van der Waals surface area contributed by atoms with E-state index in [1.807, 2.05) is 0 Å². The highest BCUT2D eigenvalue weighted by Gasteiger charge is 2.28. The van der Waals surface area contributed by atoms with Gasteiger partial charge in [0.25, 0.3) is 0 Å². The predicted octanol–water partition coefficient (Wildman–Crippen LogP) is 3.82. The molecular weight excluding hydrogens is 275 g/mol. The van der Waals surface area contributed by atoms with Crippen LogP contribution in [0.3, 0.4) is 0 Å². The molecule has 0 spiro atoms. The SMILES string of the molecule is CCN(Cc1ccc(F)cc1Cl)C1CCCCC1CN. The molecule has 20 heavy (non-hydrogen) atoms. The molecular formula is C16H24ClFN2. The van der Waals surface area contributed by atoms with E-state index in [4.69, 9.17) is 17.3 Å². The molecule has 0 aliphatic heterocycles. The second kappa shape index (κ2) is 7.39. The summed E-state index contributed by atoms with van der Waals surface area (Å²) in [5.41, 5.74) is 6.92. The molecule has 0 radical (unpaired) electrons. The summed E-state index contributed by atoms with van der Waals surface area (Å²) in [6.45, 7) is 4.66. The minimum atomic E-state index is -0.278. The first kappa shape index (κ1) is 15.7. The highest BCUT2D eigenvalue weighted by atomic mass is 35.5. The second-order valence-electron chi connectivity index (χ2n) is 5.65. The van der Waals surface area contributed by atoms with Gasteiger partial charge in [-0.25, -0.2) is 4.39 Å². The Morgan fingerprint density at radius 1 is 1.35 bits per heavy atom. The summed E-state index contributed by atoms with van der Waals surface area (Å²) < 4.78 is 13.1. The van der Waals surface area contributed by atoms with Gasteiger partial charge in [-0.15, -0.1) is 0 Å². The Kier molecular flexibility index (Phi) is 5.82. The van der Waals surface area contributed by atoms with Gasteiger partial charge in [-0.05, 0) is 49.5 Å². The van der Waals surface area contributed by atoms with Crippen molar-refractivity contribution in [2.45, 2.75) is 45.2 Å². The molecule has 0 saturated heterocycles. The first-order valence-electron chi connectivity index (χ1n) is 7.53. The lowest BCUT2D eigenvalue weighted by Crippen LogP contribution is -2.44. The maximum Gasteiger partial charge on any atom is 0.124 e. The van der Waals surface area contributed by atoms with E-state index in [1.54, 1.807) is 6.07 Å². The van der Waals surface area contributed by atoms with Gasteiger partial charge in [-0.1, -0.05) is 37.4 Å². The third-order valence-electron chi connectivity index (χ3n) is 4.44. The minimum Gasteiger partial charge on any atom is -0.330 e. The fourth-order valence-electron chi connectivity index (χ4n) is 3.28. The largest absolute Gasteiger partial charge is 0.330 e. The first-order chi connectivity index (χ1) is 9.65. The van der Waals surface area contributed by atoms with Crippen molar-refractivity contribution in [3.63, 3.8) is 0 Å². The van der Waals surface area contributed by atoms with E-state index in [-0.39, 0.29) is 5.82 Å². The molecule has 0 aromatic heterocycles. The number of nitrogens with zero attached hydrogens (tertiary/aromatic N) is 1. The van der Waals surface area contributed by atoms with Gasteiger partial charge >= 0.3 is 0 Å². The van der Waals surface area contributed by atoms with Crippen LogP contribution in [-0.4, -0.2) is 24.0 Å². The molecule has 1 fully saturated rings. The fraction of sp³-hybridized carbons (Fsp3) is 0.625. The van der Waals surface area contributed by atoms with Crippen LogP contribution in [0.5, 0.6) is 0 Å². The monoisotopic (exact) mass is 298 g/mol. The molecule has 2 N–H and O–H groups in total. The molecule has 1 aliphatic carbocycles. The van der Waals surface area contributed by atoms with Crippen LogP contribution in [0.15, 0.2) is 18.2 Å². The third-order valence-corrected chi connectivity index (χ3v) is 4.79.